The number of carbonyl (C=O) groups is 2. The fourth-order valence-corrected chi connectivity index (χ4v) is 7.57. The number of carbonyl (C=O) groups excluding carboxylic acids is 2. The van der Waals surface area contributed by atoms with Gasteiger partial charge in [-0.1, -0.05) is 55.8 Å². The van der Waals surface area contributed by atoms with E-state index in [2.05, 4.69) is 19.2 Å². The van der Waals surface area contributed by atoms with Crippen LogP contribution in [0.4, 0.5) is 5.00 Å². The van der Waals surface area contributed by atoms with Crippen molar-refractivity contribution in [2.24, 2.45) is 11.8 Å². The topological polar surface area (TPSA) is 92.8 Å². The molecule has 0 bridgehead atoms. The monoisotopic (exact) mass is 554 g/mol. The van der Waals surface area contributed by atoms with Crippen LogP contribution >= 0.6 is 11.3 Å². The van der Waals surface area contributed by atoms with E-state index in [1.165, 1.54) is 27.8 Å². The first-order valence-electron chi connectivity index (χ1n) is 12.8. The molecule has 1 fully saturated rings. The number of anilines is 1. The highest BCUT2D eigenvalue weighted by molar-refractivity contribution is 7.89. The predicted octanol–water partition coefficient (Wildman–Crippen LogP) is 5.86. The summed E-state index contributed by atoms with van der Waals surface area (Å²) in [5, 5.41) is 5.50. The maximum absolute atomic E-state index is 13.3. The molecule has 0 spiro atoms. The molecule has 1 aliphatic rings. The molecule has 1 aromatic heterocycles. The van der Waals surface area contributed by atoms with E-state index in [0.29, 0.717) is 29.2 Å². The third kappa shape index (κ3) is 6.17. The summed E-state index contributed by atoms with van der Waals surface area (Å²) in [6.07, 6.45) is 0.998. The minimum Gasteiger partial charge on any atom is -0.462 e. The van der Waals surface area contributed by atoms with Gasteiger partial charge >= 0.3 is 5.97 Å². The molecule has 0 aliphatic carbocycles. The summed E-state index contributed by atoms with van der Waals surface area (Å²) in [5.74, 6) is -0.168. The van der Waals surface area contributed by atoms with Crippen molar-refractivity contribution in [2.75, 3.05) is 31.6 Å². The van der Waals surface area contributed by atoms with Gasteiger partial charge in [-0.3, -0.25) is 4.79 Å². The average molecular weight is 555 g/mol. The molecule has 4 rings (SSSR count). The van der Waals surface area contributed by atoms with Crippen LogP contribution in [0.15, 0.2) is 58.8 Å². The van der Waals surface area contributed by atoms with Crippen molar-refractivity contribution in [2.45, 2.75) is 39.0 Å². The van der Waals surface area contributed by atoms with Gasteiger partial charge in [0.25, 0.3) is 0 Å². The van der Waals surface area contributed by atoms with Crippen LogP contribution in [0, 0.1) is 18.8 Å². The third-order valence-electron chi connectivity index (χ3n) is 6.67. The molecule has 1 N–H and O–H groups in total. The molecule has 38 heavy (non-hydrogen) atoms. The lowest BCUT2D eigenvalue weighted by Gasteiger charge is -2.34. The van der Waals surface area contributed by atoms with Crippen molar-refractivity contribution in [1.82, 2.24) is 4.31 Å². The van der Waals surface area contributed by atoms with E-state index in [9.17, 15) is 18.0 Å². The number of thiophene rings is 1. The Balaban J connectivity index is 1.54. The highest BCUT2D eigenvalue weighted by Gasteiger charge is 2.32. The Labute approximate surface area is 228 Å². The van der Waals surface area contributed by atoms with Gasteiger partial charge in [-0.05, 0) is 49.8 Å². The fraction of sp³-hybridized carbons (Fsp3) is 0.379. The average Bonchev–Trinajstić information content (AvgIpc) is 3.31. The molecule has 7 nitrogen and oxygen atoms in total. The molecule has 202 valence electrons. The Morgan fingerprint density at radius 1 is 1.08 bits per heavy atom. The van der Waals surface area contributed by atoms with E-state index in [4.69, 9.17) is 4.74 Å². The van der Waals surface area contributed by atoms with Crippen LogP contribution in [0.1, 0.15) is 53.5 Å². The lowest BCUT2D eigenvalue weighted by atomic mass is 9.94. The van der Waals surface area contributed by atoms with Crippen LogP contribution in [-0.2, 0) is 14.8 Å². The maximum atomic E-state index is 13.3. The molecule has 9 heteroatoms. The smallest absolute Gasteiger partial charge is 0.341 e. The Morgan fingerprint density at radius 2 is 1.76 bits per heavy atom. The molecule has 3 aromatic rings. The van der Waals surface area contributed by atoms with Gasteiger partial charge in [0.15, 0.2) is 5.78 Å². The Hall–Kier alpha value is -3.01. The Kier molecular flexibility index (Phi) is 8.70. The van der Waals surface area contributed by atoms with Gasteiger partial charge in [-0.25, -0.2) is 13.2 Å². The molecule has 2 unspecified atom stereocenters. The van der Waals surface area contributed by atoms with Crippen molar-refractivity contribution in [3.63, 3.8) is 0 Å². The molecular weight excluding hydrogens is 520 g/mol. The highest BCUT2D eigenvalue weighted by Crippen LogP contribution is 2.36. The standard InChI is InChI=1S/C29H34N2O5S2/c1-5-36-29(33)27-25(22-11-9-19(2)10-12-22)18-37-28(27)30-15-26(32)23-7-6-8-24(14-23)38(34,35)31-16-20(3)13-21(4)17-31/h6-12,14,18,20-21,30H,5,13,15-17H2,1-4H3. The van der Waals surface area contributed by atoms with Gasteiger partial charge in [0.05, 0.1) is 18.0 Å². The number of piperidine rings is 1. The first kappa shape index (κ1) is 28.0. The minimum atomic E-state index is -3.70. The van der Waals surface area contributed by atoms with E-state index in [1.54, 1.807) is 19.1 Å². The van der Waals surface area contributed by atoms with Crippen LogP contribution in [-0.4, -0.2) is 50.7 Å². The number of nitrogens with zero attached hydrogens (tertiary/aromatic N) is 1. The maximum Gasteiger partial charge on any atom is 0.341 e. The highest BCUT2D eigenvalue weighted by atomic mass is 32.2. The molecule has 0 radical (unpaired) electrons. The molecule has 1 aliphatic heterocycles. The molecule has 2 aromatic carbocycles. The zero-order valence-electron chi connectivity index (χ0n) is 22.2. The number of benzene rings is 2. The van der Waals surface area contributed by atoms with Crippen molar-refractivity contribution in [3.8, 4) is 11.1 Å². The van der Waals surface area contributed by atoms with Crippen LogP contribution in [0.5, 0.6) is 0 Å². The molecule has 2 heterocycles. The zero-order chi connectivity index (χ0) is 27.4. The number of sulfonamides is 1. The first-order chi connectivity index (χ1) is 18.1. The van der Waals surface area contributed by atoms with Gasteiger partial charge in [0.1, 0.15) is 10.6 Å². The molecule has 2 atom stereocenters. The summed E-state index contributed by atoms with van der Waals surface area (Å²) in [7, 11) is -3.70. The van der Waals surface area contributed by atoms with Crippen molar-refractivity contribution in [1.29, 1.82) is 0 Å². The molecule has 1 saturated heterocycles. The number of nitrogens with one attached hydrogen (secondary N) is 1. The zero-order valence-corrected chi connectivity index (χ0v) is 23.8. The minimum absolute atomic E-state index is 0.0957. The second kappa shape index (κ2) is 11.8. The predicted molar refractivity (Wildman–Crippen MR) is 151 cm³/mol. The van der Waals surface area contributed by atoms with Crippen LogP contribution in [0.25, 0.3) is 11.1 Å². The van der Waals surface area contributed by atoms with E-state index >= 15 is 0 Å². The van der Waals surface area contributed by atoms with Crippen molar-refractivity contribution >= 4 is 38.1 Å². The van der Waals surface area contributed by atoms with Gasteiger partial charge in [0.2, 0.25) is 10.0 Å². The van der Waals surface area contributed by atoms with E-state index in [0.717, 1.165) is 23.1 Å². The number of ketones is 1. The van der Waals surface area contributed by atoms with Crippen molar-refractivity contribution in [3.05, 3.63) is 70.6 Å². The van der Waals surface area contributed by atoms with Crippen LogP contribution in [0.3, 0.4) is 0 Å². The Bertz CT molecular complexity index is 1400. The second-order valence-electron chi connectivity index (χ2n) is 10.0. The number of ether oxygens (including phenoxy) is 1. The number of Topliss-reactive ketones (excluding diaryl/α,β-unsaturated/α-hetero) is 1. The van der Waals surface area contributed by atoms with Crippen LogP contribution in [0.2, 0.25) is 0 Å². The summed E-state index contributed by atoms with van der Waals surface area (Å²) in [4.78, 5) is 26.1. The summed E-state index contributed by atoms with van der Waals surface area (Å²) in [5.41, 5.74) is 3.41. The fourth-order valence-electron chi connectivity index (χ4n) is 4.88. The molecule has 0 amide bonds. The van der Waals surface area contributed by atoms with Gasteiger partial charge in [-0.15, -0.1) is 11.3 Å². The van der Waals surface area contributed by atoms with Crippen LogP contribution < -0.4 is 5.32 Å². The second-order valence-corrected chi connectivity index (χ2v) is 12.8. The summed E-state index contributed by atoms with van der Waals surface area (Å²) >= 11 is 1.33. The number of esters is 1. The van der Waals surface area contributed by atoms with E-state index < -0.39 is 16.0 Å². The lowest BCUT2D eigenvalue weighted by molar-refractivity contribution is 0.0528. The van der Waals surface area contributed by atoms with Crippen molar-refractivity contribution < 1.29 is 22.7 Å². The summed E-state index contributed by atoms with van der Waals surface area (Å²) in [6, 6.07) is 14.0. The number of hydrogen-bond donors (Lipinski definition) is 1. The number of hydrogen-bond acceptors (Lipinski definition) is 7. The van der Waals surface area contributed by atoms with Gasteiger partial charge < -0.3 is 10.1 Å². The molecule has 0 saturated carbocycles. The van der Waals surface area contributed by atoms with Gasteiger partial charge in [-0.2, -0.15) is 4.31 Å². The quantitative estimate of drug-likeness (QED) is 0.263. The summed E-state index contributed by atoms with van der Waals surface area (Å²) in [6.45, 7) is 8.95. The third-order valence-corrected chi connectivity index (χ3v) is 9.44. The lowest BCUT2D eigenvalue weighted by Crippen LogP contribution is -2.42. The Morgan fingerprint density at radius 3 is 2.42 bits per heavy atom. The number of aryl methyl sites for hydroxylation is 1. The van der Waals surface area contributed by atoms with E-state index in [1.807, 2.05) is 36.6 Å². The summed E-state index contributed by atoms with van der Waals surface area (Å²) < 4.78 is 33.5. The SMILES string of the molecule is CCOC(=O)c1c(-c2ccc(C)cc2)csc1NCC(=O)c1cccc(S(=O)(=O)N2CC(C)CC(C)C2)c1. The first-order valence-corrected chi connectivity index (χ1v) is 15.1. The van der Waals surface area contributed by atoms with E-state index in [-0.39, 0.29) is 35.7 Å². The molecular formula is C29H34N2O5S2. The largest absolute Gasteiger partial charge is 0.462 e. The van der Waals surface area contributed by atoms with Gasteiger partial charge in [0, 0.05) is 29.6 Å². The normalized spacial score (nSPS) is 18.2. The number of rotatable bonds is 9.